The highest BCUT2D eigenvalue weighted by molar-refractivity contribution is 5.89. The number of hydrogen-bond donors (Lipinski definition) is 4. The van der Waals surface area contributed by atoms with Crippen LogP contribution < -0.4 is 5.73 Å². The summed E-state index contributed by atoms with van der Waals surface area (Å²) in [7, 11) is 0. The van der Waals surface area contributed by atoms with Gasteiger partial charge in [0.2, 0.25) is 0 Å². The number of carboxylic acids is 1. The predicted molar refractivity (Wildman–Crippen MR) is 158 cm³/mol. The van der Waals surface area contributed by atoms with Gasteiger partial charge < -0.3 is 25.8 Å². The Bertz CT molecular complexity index is 1170. The lowest BCUT2D eigenvalue weighted by molar-refractivity contribution is -0.238. The third-order valence-electron chi connectivity index (χ3n) is 13.5. The van der Waals surface area contributed by atoms with Crippen molar-refractivity contribution in [1.29, 1.82) is 0 Å². The van der Waals surface area contributed by atoms with Gasteiger partial charge in [-0.25, -0.2) is 4.79 Å². The van der Waals surface area contributed by atoms with E-state index >= 15 is 0 Å². The SMILES string of the molecule is CC(=O)OC1CC2(C)C3(C)CC[C@H]4C(C)[C@H](O)CCC4(C)[C@@H]3[C@H](O)C[C@@]2(N)/C1=C(/C(=O)O)C1CCCC(=C(C)C)C1. The summed E-state index contributed by atoms with van der Waals surface area (Å²) < 4.78 is 6.00. The van der Waals surface area contributed by atoms with Gasteiger partial charge in [-0.1, -0.05) is 38.8 Å². The molecule has 5 fully saturated rings. The Hall–Kier alpha value is -1.70. The Morgan fingerprint density at radius 3 is 2.27 bits per heavy atom. The van der Waals surface area contributed by atoms with Gasteiger partial charge in [0.1, 0.15) is 6.10 Å². The predicted octanol–water partition coefficient (Wildman–Crippen LogP) is 5.53. The largest absolute Gasteiger partial charge is 0.478 e. The molecule has 5 aliphatic carbocycles. The first-order valence-electron chi connectivity index (χ1n) is 16.0. The van der Waals surface area contributed by atoms with Gasteiger partial charge >= 0.3 is 11.9 Å². The molecule has 0 bridgehead atoms. The van der Waals surface area contributed by atoms with Crippen molar-refractivity contribution in [2.45, 2.75) is 137 Å². The molecule has 0 aromatic carbocycles. The molecule has 0 amide bonds. The van der Waals surface area contributed by atoms with Crippen LogP contribution in [0.1, 0.15) is 113 Å². The number of hydrogen-bond acceptors (Lipinski definition) is 6. The van der Waals surface area contributed by atoms with Gasteiger partial charge in [-0.15, -0.1) is 0 Å². The minimum atomic E-state index is -1.13. The van der Waals surface area contributed by atoms with Gasteiger partial charge in [-0.3, -0.25) is 4.79 Å². The molecule has 0 aromatic rings. The summed E-state index contributed by atoms with van der Waals surface area (Å²) in [6, 6.07) is 0. The molecular weight excluding hydrogens is 518 g/mol. The van der Waals surface area contributed by atoms with Crippen LogP contribution in [0.25, 0.3) is 0 Å². The Labute approximate surface area is 246 Å². The number of carbonyl (C=O) groups excluding carboxylic acids is 1. The molecular formula is C34H53NO6. The van der Waals surface area contributed by atoms with Crippen LogP contribution in [0.15, 0.2) is 22.3 Å². The average Bonchev–Trinajstić information content (AvgIpc) is 3.08. The molecule has 5 saturated carbocycles. The van der Waals surface area contributed by atoms with Crippen molar-refractivity contribution < 1.29 is 29.6 Å². The molecule has 5 rings (SSSR count). The highest BCUT2D eigenvalue weighted by Crippen LogP contribution is 2.75. The van der Waals surface area contributed by atoms with E-state index in [1.54, 1.807) is 0 Å². The van der Waals surface area contributed by atoms with Crippen LogP contribution in [0.5, 0.6) is 0 Å². The fourth-order valence-electron chi connectivity index (χ4n) is 11.3. The van der Waals surface area contributed by atoms with Crippen molar-refractivity contribution >= 4 is 11.9 Å². The van der Waals surface area contributed by atoms with Crippen molar-refractivity contribution in [1.82, 2.24) is 0 Å². The van der Waals surface area contributed by atoms with E-state index in [0.29, 0.717) is 29.9 Å². The molecule has 7 nitrogen and oxygen atoms in total. The van der Waals surface area contributed by atoms with Crippen molar-refractivity contribution in [2.75, 3.05) is 0 Å². The maximum absolute atomic E-state index is 13.2. The number of allylic oxidation sites excluding steroid dienone is 2. The van der Waals surface area contributed by atoms with E-state index in [1.165, 1.54) is 18.1 Å². The Kier molecular flexibility index (Phi) is 7.64. The van der Waals surface area contributed by atoms with Crippen LogP contribution in [-0.4, -0.2) is 51.1 Å². The molecule has 0 heterocycles. The lowest BCUT2D eigenvalue weighted by Crippen LogP contribution is -2.72. The number of carbonyl (C=O) groups is 2. The molecule has 5 aliphatic rings. The molecule has 230 valence electrons. The second-order valence-electron chi connectivity index (χ2n) is 15.4. The van der Waals surface area contributed by atoms with Crippen LogP contribution >= 0.6 is 0 Å². The van der Waals surface area contributed by atoms with Crippen LogP contribution in [0, 0.1) is 39.9 Å². The van der Waals surface area contributed by atoms with Crippen molar-refractivity contribution in [3.8, 4) is 0 Å². The van der Waals surface area contributed by atoms with E-state index in [1.807, 2.05) is 0 Å². The number of ether oxygens (including phenoxy) is 1. The highest BCUT2D eigenvalue weighted by Gasteiger charge is 2.75. The highest BCUT2D eigenvalue weighted by atomic mass is 16.5. The van der Waals surface area contributed by atoms with Gasteiger partial charge in [0, 0.05) is 23.6 Å². The summed E-state index contributed by atoms with van der Waals surface area (Å²) in [6.07, 6.45) is 5.56. The van der Waals surface area contributed by atoms with Gasteiger partial charge in [0.15, 0.2) is 0 Å². The summed E-state index contributed by atoms with van der Waals surface area (Å²) in [5, 5.41) is 33.7. The van der Waals surface area contributed by atoms with Crippen molar-refractivity contribution in [2.24, 2.45) is 45.7 Å². The number of aliphatic hydroxyl groups is 2. The van der Waals surface area contributed by atoms with E-state index in [4.69, 9.17) is 10.5 Å². The van der Waals surface area contributed by atoms with Gasteiger partial charge in [-0.2, -0.15) is 0 Å². The lowest BCUT2D eigenvalue weighted by Gasteiger charge is -2.70. The van der Waals surface area contributed by atoms with Crippen molar-refractivity contribution in [3.63, 3.8) is 0 Å². The molecule has 11 atom stereocenters. The maximum Gasteiger partial charge on any atom is 0.332 e. The summed E-state index contributed by atoms with van der Waals surface area (Å²) in [6.45, 7) is 14.5. The molecule has 0 aromatic heterocycles. The van der Waals surface area contributed by atoms with Gasteiger partial charge in [0.05, 0.1) is 12.2 Å². The fraction of sp³-hybridized carbons (Fsp3) is 0.824. The fourth-order valence-corrected chi connectivity index (χ4v) is 11.3. The van der Waals surface area contributed by atoms with Crippen molar-refractivity contribution in [3.05, 3.63) is 22.3 Å². The number of carboxylic acid groups (broad SMARTS) is 1. The number of aliphatic hydroxyl groups excluding tert-OH is 2. The molecule has 41 heavy (non-hydrogen) atoms. The number of fused-ring (bicyclic) bond motifs is 5. The second-order valence-corrected chi connectivity index (χ2v) is 15.4. The summed E-state index contributed by atoms with van der Waals surface area (Å²) in [4.78, 5) is 25.7. The maximum atomic E-state index is 13.2. The molecule has 0 aliphatic heterocycles. The van der Waals surface area contributed by atoms with E-state index in [9.17, 15) is 24.9 Å². The third kappa shape index (κ3) is 4.30. The summed E-state index contributed by atoms with van der Waals surface area (Å²) >= 11 is 0. The topological polar surface area (TPSA) is 130 Å². The first kappa shape index (κ1) is 30.7. The Morgan fingerprint density at radius 1 is 0.976 bits per heavy atom. The molecule has 6 unspecified atom stereocenters. The first-order chi connectivity index (χ1) is 19.0. The van der Waals surface area contributed by atoms with Gasteiger partial charge in [0.25, 0.3) is 0 Å². The summed E-state index contributed by atoms with van der Waals surface area (Å²) in [5.74, 6) is -1.23. The van der Waals surface area contributed by atoms with Crippen LogP contribution in [-0.2, 0) is 14.3 Å². The zero-order valence-electron chi connectivity index (χ0n) is 26.3. The molecule has 0 saturated heterocycles. The number of rotatable bonds is 3. The number of esters is 1. The zero-order valence-corrected chi connectivity index (χ0v) is 26.3. The molecule has 5 N–H and O–H groups in total. The monoisotopic (exact) mass is 571 g/mol. The Balaban J connectivity index is 1.68. The zero-order chi connectivity index (χ0) is 30.3. The summed E-state index contributed by atoms with van der Waals surface area (Å²) in [5.41, 5.74) is 8.65. The standard InChI is InChI=1S/C34H53NO6/c1-18(2)21-9-8-10-22(15-21)27(30(39)40)28-26(41-20(4)36)17-33(7)32(6)14-11-23-19(3)24(37)12-13-31(23,5)29(32)25(38)16-34(28,33)35/h19,22-26,29,37-38H,8-17,35H2,1-7H3,(H,39,40)/b28-27+/t19?,22?,23-,24+,25+,26?,29-,31?,32?,33?,34+/m0/s1. The first-order valence-corrected chi connectivity index (χ1v) is 16.0. The average molecular weight is 572 g/mol. The van der Waals surface area contributed by atoms with E-state index in [-0.39, 0.29) is 35.7 Å². The Morgan fingerprint density at radius 2 is 1.66 bits per heavy atom. The molecule has 7 heteroatoms. The normalized spacial score (nSPS) is 48.9. The second kappa shape index (κ2) is 10.2. The minimum Gasteiger partial charge on any atom is -0.478 e. The van der Waals surface area contributed by atoms with Crippen LogP contribution in [0.4, 0.5) is 0 Å². The molecule has 0 spiro atoms. The number of nitrogens with two attached hydrogens (primary N) is 1. The van der Waals surface area contributed by atoms with Gasteiger partial charge in [-0.05, 0) is 118 Å². The van der Waals surface area contributed by atoms with E-state index in [2.05, 4.69) is 41.5 Å². The number of aliphatic carboxylic acids is 1. The smallest absolute Gasteiger partial charge is 0.332 e. The van der Waals surface area contributed by atoms with E-state index in [0.717, 1.165) is 44.9 Å². The quantitative estimate of drug-likeness (QED) is 0.199. The molecule has 0 radical (unpaired) electrons. The van der Waals surface area contributed by atoms with Crippen LogP contribution in [0.2, 0.25) is 0 Å². The third-order valence-corrected chi connectivity index (χ3v) is 13.5. The lowest BCUT2D eigenvalue weighted by atomic mass is 9.35. The van der Waals surface area contributed by atoms with Crippen LogP contribution in [0.3, 0.4) is 0 Å². The minimum absolute atomic E-state index is 0.0528. The van der Waals surface area contributed by atoms with E-state index < -0.39 is 40.5 Å².